The minimum absolute atomic E-state index is 1.08. The molecular weight excluding hydrogens is 312 g/mol. The quantitative estimate of drug-likeness (QED) is 0.396. The van der Waals surface area contributed by atoms with Crippen LogP contribution in [0.5, 0.6) is 0 Å². The van der Waals surface area contributed by atoms with Gasteiger partial charge in [0.2, 0.25) is 0 Å². The Labute approximate surface area is 142 Å². The van der Waals surface area contributed by atoms with E-state index in [0.717, 1.165) is 11.5 Å². The van der Waals surface area contributed by atoms with E-state index >= 15 is 0 Å². The van der Waals surface area contributed by atoms with Gasteiger partial charge in [-0.25, -0.2) is 0 Å². The molecule has 0 saturated carbocycles. The van der Waals surface area contributed by atoms with E-state index in [1.807, 2.05) is 59.1 Å². The van der Waals surface area contributed by atoms with Crippen LogP contribution in [0.3, 0.4) is 0 Å². The molecule has 2 rings (SSSR count). The molecule has 0 radical (unpaired) electrons. The van der Waals surface area contributed by atoms with Gasteiger partial charge in [-0.2, -0.15) is 0 Å². The molecule has 2 aromatic carbocycles. The average Bonchev–Trinajstić information content (AvgIpc) is 2.60. The van der Waals surface area contributed by atoms with Crippen molar-refractivity contribution in [3.8, 4) is 0 Å². The highest BCUT2D eigenvalue weighted by Gasteiger charge is 1.95. The lowest BCUT2D eigenvalue weighted by atomic mass is 10.2. The van der Waals surface area contributed by atoms with E-state index in [4.69, 9.17) is 0 Å². The zero-order chi connectivity index (χ0) is 15.8. The number of benzene rings is 2. The summed E-state index contributed by atoms with van der Waals surface area (Å²) in [4.78, 5) is 0. The molecule has 0 atom stereocenters. The van der Waals surface area contributed by atoms with E-state index in [0.29, 0.717) is 0 Å². The topological polar surface area (TPSA) is 0 Å². The van der Waals surface area contributed by atoms with Crippen LogP contribution >= 0.6 is 31.4 Å². The van der Waals surface area contributed by atoms with E-state index in [9.17, 15) is 0 Å². The van der Waals surface area contributed by atoms with Crippen molar-refractivity contribution >= 4 is 31.4 Å². The van der Waals surface area contributed by atoms with Gasteiger partial charge in [0.25, 0.3) is 0 Å². The van der Waals surface area contributed by atoms with Crippen LogP contribution in [0.25, 0.3) is 0 Å². The van der Waals surface area contributed by atoms with E-state index in [1.165, 1.54) is 11.1 Å². The monoisotopic (exact) mass is 338 g/mol. The molecule has 2 aromatic rings. The minimum atomic E-state index is 1.08. The molecule has 0 N–H and O–H groups in total. The van der Waals surface area contributed by atoms with Gasteiger partial charge in [0.05, 0.1) is 0 Å². The number of rotatable bonds is 6. The SMILES string of the molecule is CC.CC.c1ccc(CSSSCc2ccccc2)cc1. The van der Waals surface area contributed by atoms with E-state index in [1.54, 1.807) is 0 Å². The van der Waals surface area contributed by atoms with Crippen molar-refractivity contribution in [2.45, 2.75) is 39.2 Å². The van der Waals surface area contributed by atoms with Crippen molar-refractivity contribution in [2.24, 2.45) is 0 Å². The number of hydrogen-bond donors (Lipinski definition) is 0. The Bertz CT molecular complexity index is 373. The Morgan fingerprint density at radius 2 is 0.905 bits per heavy atom. The highest BCUT2D eigenvalue weighted by molar-refractivity contribution is 9.09. The third kappa shape index (κ3) is 10.8. The third-order valence-electron chi connectivity index (χ3n) is 2.23. The smallest absolute Gasteiger partial charge is 0.0296 e. The van der Waals surface area contributed by atoms with Crippen molar-refractivity contribution < 1.29 is 0 Å². The van der Waals surface area contributed by atoms with Crippen LogP contribution in [0.4, 0.5) is 0 Å². The second-order valence-corrected chi connectivity index (χ2v) is 7.80. The second kappa shape index (κ2) is 15.9. The summed E-state index contributed by atoms with van der Waals surface area (Å²) in [6, 6.07) is 21.2. The predicted molar refractivity (Wildman–Crippen MR) is 106 cm³/mol. The Morgan fingerprint density at radius 1 is 0.571 bits per heavy atom. The molecule has 0 nitrogen and oxygen atoms in total. The van der Waals surface area contributed by atoms with Gasteiger partial charge in [-0.15, -0.1) is 0 Å². The van der Waals surface area contributed by atoms with Gasteiger partial charge in [-0.3, -0.25) is 0 Å². The van der Waals surface area contributed by atoms with Gasteiger partial charge in [-0.05, 0) is 21.0 Å². The Hall–Kier alpha value is -0.510. The standard InChI is InChI=1S/C14H14S3.2C2H6/c1-3-7-13(8-4-1)11-15-17-16-12-14-9-5-2-6-10-14;2*1-2/h1-10H,11-12H2;2*1-2H3. The summed E-state index contributed by atoms with van der Waals surface area (Å²) in [5.41, 5.74) is 2.79. The first-order chi connectivity index (χ1) is 10.4. The summed E-state index contributed by atoms with van der Waals surface area (Å²) >= 11 is 0. The molecule has 116 valence electrons. The first kappa shape index (κ1) is 20.5. The molecule has 0 bridgehead atoms. The summed E-state index contributed by atoms with van der Waals surface area (Å²) in [6.45, 7) is 8.00. The zero-order valence-corrected chi connectivity index (χ0v) is 15.9. The van der Waals surface area contributed by atoms with E-state index < -0.39 is 0 Å². The molecule has 0 aromatic heterocycles. The molecule has 0 fully saturated rings. The fraction of sp³-hybridized carbons (Fsp3) is 0.333. The van der Waals surface area contributed by atoms with Gasteiger partial charge in [0.1, 0.15) is 0 Å². The first-order valence-corrected chi connectivity index (χ1v) is 11.3. The van der Waals surface area contributed by atoms with Crippen molar-refractivity contribution in [1.82, 2.24) is 0 Å². The molecule has 0 heterocycles. The molecule has 0 aliphatic heterocycles. The van der Waals surface area contributed by atoms with E-state index in [-0.39, 0.29) is 0 Å². The minimum Gasteiger partial charge on any atom is -0.0777 e. The zero-order valence-electron chi connectivity index (χ0n) is 13.4. The maximum atomic E-state index is 2.18. The van der Waals surface area contributed by atoms with Crippen molar-refractivity contribution in [3.63, 3.8) is 0 Å². The van der Waals surface area contributed by atoms with Crippen LogP contribution in [-0.4, -0.2) is 0 Å². The molecular formula is C18H26S3. The van der Waals surface area contributed by atoms with Crippen LogP contribution < -0.4 is 0 Å². The third-order valence-corrected chi connectivity index (χ3v) is 6.34. The fourth-order valence-corrected chi connectivity index (χ4v) is 4.98. The van der Waals surface area contributed by atoms with Crippen molar-refractivity contribution in [3.05, 3.63) is 71.8 Å². The van der Waals surface area contributed by atoms with Gasteiger partial charge >= 0.3 is 0 Å². The molecule has 0 saturated heterocycles. The molecule has 0 aliphatic carbocycles. The van der Waals surface area contributed by atoms with Gasteiger partial charge in [-0.1, -0.05) is 110 Å². The lowest BCUT2D eigenvalue weighted by Gasteiger charge is -2.01. The molecule has 0 amide bonds. The largest absolute Gasteiger partial charge is 0.0777 e. The Morgan fingerprint density at radius 3 is 1.24 bits per heavy atom. The molecule has 0 unspecified atom stereocenters. The molecule has 21 heavy (non-hydrogen) atoms. The highest BCUT2D eigenvalue weighted by atomic mass is 33.5. The van der Waals surface area contributed by atoms with Crippen LogP contribution in [0.1, 0.15) is 38.8 Å². The lowest BCUT2D eigenvalue weighted by Crippen LogP contribution is -1.76. The normalized spacial score (nSPS) is 8.95. The molecule has 0 spiro atoms. The lowest BCUT2D eigenvalue weighted by molar-refractivity contribution is 1.43. The highest BCUT2D eigenvalue weighted by Crippen LogP contribution is 2.38. The summed E-state index contributed by atoms with van der Waals surface area (Å²) in [5, 5.41) is 0. The Balaban J connectivity index is 0.000000921. The van der Waals surface area contributed by atoms with Crippen LogP contribution in [0, 0.1) is 0 Å². The van der Waals surface area contributed by atoms with Crippen molar-refractivity contribution in [2.75, 3.05) is 0 Å². The maximum Gasteiger partial charge on any atom is 0.0296 e. The maximum absolute atomic E-state index is 2.18. The summed E-state index contributed by atoms with van der Waals surface area (Å²) in [6.07, 6.45) is 0. The average molecular weight is 339 g/mol. The first-order valence-electron chi connectivity index (χ1n) is 7.44. The second-order valence-electron chi connectivity index (χ2n) is 3.56. The fourth-order valence-electron chi connectivity index (χ4n) is 1.37. The molecule has 0 aliphatic rings. The van der Waals surface area contributed by atoms with E-state index in [2.05, 4.69) is 60.7 Å². The van der Waals surface area contributed by atoms with Crippen molar-refractivity contribution in [1.29, 1.82) is 0 Å². The summed E-state index contributed by atoms with van der Waals surface area (Å²) < 4.78 is 0. The summed E-state index contributed by atoms with van der Waals surface area (Å²) in [5.74, 6) is 2.15. The molecule has 3 heteroatoms. The predicted octanol–water partition coefficient (Wildman–Crippen LogP) is 7.47. The Kier molecular flexibility index (Phi) is 15.5. The van der Waals surface area contributed by atoms with Gasteiger partial charge < -0.3 is 0 Å². The van der Waals surface area contributed by atoms with Crippen LogP contribution in [-0.2, 0) is 11.5 Å². The van der Waals surface area contributed by atoms with Gasteiger partial charge in [0, 0.05) is 11.5 Å². The van der Waals surface area contributed by atoms with Crippen LogP contribution in [0.15, 0.2) is 60.7 Å². The summed E-state index contributed by atoms with van der Waals surface area (Å²) in [7, 11) is 5.69. The van der Waals surface area contributed by atoms with Crippen LogP contribution in [0.2, 0.25) is 0 Å². The van der Waals surface area contributed by atoms with Gasteiger partial charge in [0.15, 0.2) is 0 Å². The number of hydrogen-bond acceptors (Lipinski definition) is 3.